The average molecular weight is 321 g/mol. The molecule has 0 radical (unpaired) electrons. The molecule has 1 aromatic heterocycles. The van der Waals surface area contributed by atoms with Gasteiger partial charge >= 0.3 is 0 Å². The van der Waals surface area contributed by atoms with Crippen molar-refractivity contribution < 1.29 is 0 Å². The van der Waals surface area contributed by atoms with Crippen LogP contribution >= 0.6 is 27.3 Å². The molecule has 0 bridgehead atoms. The molecular weight excluding hydrogens is 308 g/mol. The third kappa shape index (κ3) is 3.20. The Morgan fingerprint density at radius 3 is 2.94 bits per heavy atom. The van der Waals surface area contributed by atoms with E-state index in [1.807, 2.05) is 24.3 Å². The predicted molar refractivity (Wildman–Crippen MR) is 78.4 cm³/mol. The molecule has 0 saturated heterocycles. The molecule has 0 amide bonds. The van der Waals surface area contributed by atoms with Gasteiger partial charge in [-0.25, -0.2) is 0 Å². The predicted octanol–water partition coefficient (Wildman–Crippen LogP) is 4.23. The lowest BCUT2D eigenvalue weighted by atomic mass is 10.1. The quantitative estimate of drug-likeness (QED) is 0.914. The highest BCUT2D eigenvalue weighted by Crippen LogP contribution is 2.23. The van der Waals surface area contributed by atoms with Crippen molar-refractivity contribution in [2.24, 2.45) is 0 Å². The Kier molecular flexibility index (Phi) is 4.54. The second-order valence-electron chi connectivity index (χ2n) is 4.03. The lowest BCUT2D eigenvalue weighted by Gasteiger charge is -2.14. The summed E-state index contributed by atoms with van der Waals surface area (Å²) in [5.41, 5.74) is 1.85. The largest absolute Gasteiger partial charge is 0.305 e. The van der Waals surface area contributed by atoms with Crippen LogP contribution in [0.1, 0.15) is 29.0 Å². The molecule has 2 aromatic rings. The van der Waals surface area contributed by atoms with Gasteiger partial charge in [0, 0.05) is 21.9 Å². The fourth-order valence-electron chi connectivity index (χ4n) is 1.69. The lowest BCUT2D eigenvalue weighted by molar-refractivity contribution is 0.578. The molecule has 0 aliphatic carbocycles. The van der Waals surface area contributed by atoms with Gasteiger partial charge < -0.3 is 5.32 Å². The van der Waals surface area contributed by atoms with Crippen LogP contribution in [0.25, 0.3) is 0 Å². The van der Waals surface area contributed by atoms with Gasteiger partial charge in [0.25, 0.3) is 0 Å². The molecule has 0 fully saturated rings. The van der Waals surface area contributed by atoms with E-state index in [0.717, 1.165) is 16.6 Å². The van der Waals surface area contributed by atoms with Crippen molar-refractivity contribution in [2.45, 2.75) is 19.5 Å². The van der Waals surface area contributed by atoms with E-state index in [-0.39, 0.29) is 6.04 Å². The number of hydrogen-bond acceptors (Lipinski definition) is 3. The van der Waals surface area contributed by atoms with Gasteiger partial charge in [0.2, 0.25) is 0 Å². The molecule has 0 aliphatic heterocycles. The molecule has 1 unspecified atom stereocenters. The third-order valence-corrected chi connectivity index (χ3v) is 4.70. The zero-order valence-electron chi connectivity index (χ0n) is 9.98. The second kappa shape index (κ2) is 6.14. The monoisotopic (exact) mass is 320 g/mol. The molecule has 1 heterocycles. The SMILES string of the molecule is CC(NCc1sccc1Br)c1cccc(C#N)c1. The molecule has 0 aliphatic rings. The van der Waals surface area contributed by atoms with Crippen LogP contribution in [-0.4, -0.2) is 0 Å². The maximum Gasteiger partial charge on any atom is 0.0991 e. The minimum Gasteiger partial charge on any atom is -0.305 e. The van der Waals surface area contributed by atoms with Gasteiger partial charge in [-0.2, -0.15) is 5.26 Å². The molecule has 1 atom stereocenters. The van der Waals surface area contributed by atoms with Crippen LogP contribution in [0.15, 0.2) is 40.2 Å². The number of nitriles is 1. The Hall–Kier alpha value is -1.15. The summed E-state index contributed by atoms with van der Waals surface area (Å²) in [6.07, 6.45) is 0. The van der Waals surface area contributed by atoms with Gasteiger partial charge in [-0.3, -0.25) is 0 Å². The minimum atomic E-state index is 0.229. The second-order valence-corrected chi connectivity index (χ2v) is 5.89. The summed E-state index contributed by atoms with van der Waals surface area (Å²) in [4.78, 5) is 1.29. The summed E-state index contributed by atoms with van der Waals surface area (Å²) in [5.74, 6) is 0. The van der Waals surface area contributed by atoms with Crippen molar-refractivity contribution in [3.05, 3.63) is 56.2 Å². The normalized spacial score (nSPS) is 12.1. The molecule has 0 spiro atoms. The van der Waals surface area contributed by atoms with Crippen LogP contribution in [-0.2, 0) is 6.54 Å². The highest BCUT2D eigenvalue weighted by molar-refractivity contribution is 9.10. The molecule has 18 heavy (non-hydrogen) atoms. The van der Waals surface area contributed by atoms with E-state index in [1.165, 1.54) is 4.88 Å². The summed E-state index contributed by atoms with van der Waals surface area (Å²) in [7, 11) is 0. The smallest absolute Gasteiger partial charge is 0.0991 e. The fraction of sp³-hybridized carbons (Fsp3) is 0.214. The van der Waals surface area contributed by atoms with E-state index < -0.39 is 0 Å². The first kappa shape index (κ1) is 13.3. The number of thiophene rings is 1. The number of nitrogens with zero attached hydrogens (tertiary/aromatic N) is 1. The van der Waals surface area contributed by atoms with Crippen LogP contribution in [0.4, 0.5) is 0 Å². The van der Waals surface area contributed by atoms with Crippen molar-refractivity contribution in [1.29, 1.82) is 5.26 Å². The first-order valence-electron chi connectivity index (χ1n) is 5.66. The van der Waals surface area contributed by atoms with E-state index in [0.29, 0.717) is 5.56 Å². The summed E-state index contributed by atoms with van der Waals surface area (Å²) in [5, 5.41) is 14.4. The van der Waals surface area contributed by atoms with E-state index >= 15 is 0 Å². The Morgan fingerprint density at radius 2 is 2.28 bits per heavy atom. The van der Waals surface area contributed by atoms with Gasteiger partial charge in [0.15, 0.2) is 0 Å². The Balaban J connectivity index is 2.01. The number of rotatable bonds is 4. The van der Waals surface area contributed by atoms with E-state index in [1.54, 1.807) is 11.3 Å². The number of benzene rings is 1. The van der Waals surface area contributed by atoms with Crippen molar-refractivity contribution >= 4 is 27.3 Å². The van der Waals surface area contributed by atoms with Crippen LogP contribution in [0.3, 0.4) is 0 Å². The highest BCUT2D eigenvalue weighted by atomic mass is 79.9. The molecule has 2 rings (SSSR count). The molecule has 4 heteroatoms. The van der Waals surface area contributed by atoms with Gasteiger partial charge in [-0.1, -0.05) is 12.1 Å². The van der Waals surface area contributed by atoms with Crippen molar-refractivity contribution in [1.82, 2.24) is 5.32 Å². The van der Waals surface area contributed by atoms with Gasteiger partial charge in [-0.05, 0) is 52.0 Å². The number of nitrogens with one attached hydrogen (secondary N) is 1. The zero-order valence-corrected chi connectivity index (χ0v) is 12.4. The molecule has 92 valence electrons. The fourth-order valence-corrected chi connectivity index (χ4v) is 3.14. The van der Waals surface area contributed by atoms with Gasteiger partial charge in [-0.15, -0.1) is 11.3 Å². The lowest BCUT2D eigenvalue weighted by Crippen LogP contribution is -2.17. The summed E-state index contributed by atoms with van der Waals surface area (Å²) < 4.78 is 1.15. The molecule has 1 aromatic carbocycles. The topological polar surface area (TPSA) is 35.8 Å². The molecule has 2 nitrogen and oxygen atoms in total. The first-order valence-corrected chi connectivity index (χ1v) is 7.33. The third-order valence-electron chi connectivity index (χ3n) is 2.78. The maximum absolute atomic E-state index is 8.89. The standard InChI is InChI=1S/C14H13BrN2S/c1-10(12-4-2-3-11(7-12)8-16)17-9-14-13(15)5-6-18-14/h2-7,10,17H,9H2,1H3. The summed E-state index contributed by atoms with van der Waals surface area (Å²) in [6.45, 7) is 2.94. The molecule has 1 N–H and O–H groups in total. The van der Waals surface area contributed by atoms with Crippen LogP contribution < -0.4 is 5.32 Å². The Bertz CT molecular complexity index is 571. The van der Waals surface area contributed by atoms with Crippen LogP contribution in [0.5, 0.6) is 0 Å². The van der Waals surface area contributed by atoms with E-state index in [9.17, 15) is 0 Å². The zero-order chi connectivity index (χ0) is 13.0. The molecular formula is C14H13BrN2S. The summed E-state index contributed by atoms with van der Waals surface area (Å²) >= 11 is 5.26. The van der Waals surface area contributed by atoms with Crippen molar-refractivity contribution in [2.75, 3.05) is 0 Å². The Morgan fingerprint density at radius 1 is 1.44 bits per heavy atom. The molecule has 0 saturated carbocycles. The van der Waals surface area contributed by atoms with Crippen LogP contribution in [0, 0.1) is 11.3 Å². The van der Waals surface area contributed by atoms with Gasteiger partial charge in [0.1, 0.15) is 0 Å². The van der Waals surface area contributed by atoms with Crippen LogP contribution in [0.2, 0.25) is 0 Å². The number of hydrogen-bond donors (Lipinski definition) is 1. The minimum absolute atomic E-state index is 0.229. The van der Waals surface area contributed by atoms with E-state index in [2.05, 4.69) is 45.7 Å². The highest BCUT2D eigenvalue weighted by Gasteiger charge is 2.07. The maximum atomic E-state index is 8.89. The first-order chi connectivity index (χ1) is 8.70. The van der Waals surface area contributed by atoms with Crippen molar-refractivity contribution in [3.8, 4) is 6.07 Å². The van der Waals surface area contributed by atoms with E-state index in [4.69, 9.17) is 5.26 Å². The number of halogens is 1. The average Bonchev–Trinajstić information content (AvgIpc) is 2.81. The van der Waals surface area contributed by atoms with Gasteiger partial charge in [0.05, 0.1) is 11.6 Å². The Labute approximate surface area is 119 Å². The summed E-state index contributed by atoms with van der Waals surface area (Å²) in [6, 6.07) is 12.2. The van der Waals surface area contributed by atoms with Crippen molar-refractivity contribution in [3.63, 3.8) is 0 Å².